The third kappa shape index (κ3) is 6.60. The van der Waals surface area contributed by atoms with Gasteiger partial charge in [0.25, 0.3) is 0 Å². The molecular formula is C24H25N3O3S. The molecule has 7 heteroatoms. The zero-order chi connectivity index (χ0) is 22.1. The fourth-order valence-corrected chi connectivity index (χ4v) is 3.71. The van der Waals surface area contributed by atoms with E-state index in [0.717, 1.165) is 4.88 Å². The molecule has 1 aromatic heterocycles. The molecule has 0 fully saturated rings. The molecule has 0 saturated heterocycles. The van der Waals surface area contributed by atoms with Gasteiger partial charge in [-0.25, -0.2) is 0 Å². The molecule has 0 aliphatic carbocycles. The topological polar surface area (TPSA) is 78.5 Å². The number of carbonyl (C=O) groups is 3. The van der Waals surface area contributed by atoms with E-state index in [2.05, 4.69) is 10.6 Å². The molecule has 2 amide bonds. The molecule has 3 rings (SSSR count). The van der Waals surface area contributed by atoms with Crippen LogP contribution in [0.1, 0.15) is 27.7 Å². The largest absolute Gasteiger partial charge is 0.350 e. The SMILES string of the molecule is CCN(CC(=O)NCc1cccs1)CC(=O)Nc1ccccc1C(=O)c1ccccc1. The Morgan fingerprint density at radius 3 is 2.29 bits per heavy atom. The van der Waals surface area contributed by atoms with Gasteiger partial charge in [-0.3, -0.25) is 19.3 Å². The Bertz CT molecular complexity index is 1020. The van der Waals surface area contributed by atoms with Gasteiger partial charge in [-0.15, -0.1) is 11.3 Å². The first kappa shape index (κ1) is 22.4. The van der Waals surface area contributed by atoms with Crippen molar-refractivity contribution in [2.24, 2.45) is 0 Å². The molecule has 0 saturated carbocycles. The molecule has 1 heterocycles. The van der Waals surface area contributed by atoms with Gasteiger partial charge in [0.2, 0.25) is 11.8 Å². The molecule has 2 N–H and O–H groups in total. The highest BCUT2D eigenvalue weighted by atomic mass is 32.1. The molecule has 31 heavy (non-hydrogen) atoms. The molecule has 0 radical (unpaired) electrons. The Morgan fingerprint density at radius 2 is 1.58 bits per heavy atom. The molecule has 2 aromatic carbocycles. The number of hydrogen-bond donors (Lipinski definition) is 2. The fourth-order valence-electron chi connectivity index (χ4n) is 3.07. The van der Waals surface area contributed by atoms with Crippen LogP contribution in [0.25, 0.3) is 0 Å². The number of ketones is 1. The Hall–Kier alpha value is -3.29. The quantitative estimate of drug-likeness (QED) is 0.478. The monoisotopic (exact) mass is 435 g/mol. The first-order valence-corrected chi connectivity index (χ1v) is 10.9. The lowest BCUT2D eigenvalue weighted by molar-refractivity contribution is -0.123. The Morgan fingerprint density at radius 1 is 0.871 bits per heavy atom. The van der Waals surface area contributed by atoms with Crippen molar-refractivity contribution in [3.05, 3.63) is 88.1 Å². The number of anilines is 1. The highest BCUT2D eigenvalue weighted by Crippen LogP contribution is 2.19. The second-order valence-electron chi connectivity index (χ2n) is 6.95. The van der Waals surface area contributed by atoms with Gasteiger partial charge in [-0.05, 0) is 30.1 Å². The molecule has 0 aliphatic rings. The van der Waals surface area contributed by atoms with E-state index >= 15 is 0 Å². The van der Waals surface area contributed by atoms with Gasteiger partial charge in [0, 0.05) is 16.0 Å². The highest BCUT2D eigenvalue weighted by Gasteiger charge is 2.17. The van der Waals surface area contributed by atoms with E-state index in [1.54, 1.807) is 64.8 Å². The summed E-state index contributed by atoms with van der Waals surface area (Å²) in [6.07, 6.45) is 0. The van der Waals surface area contributed by atoms with E-state index in [0.29, 0.717) is 29.9 Å². The maximum atomic E-state index is 12.8. The summed E-state index contributed by atoms with van der Waals surface area (Å²) in [5, 5.41) is 7.65. The van der Waals surface area contributed by atoms with Crippen molar-refractivity contribution < 1.29 is 14.4 Å². The summed E-state index contributed by atoms with van der Waals surface area (Å²) in [6.45, 7) is 3.10. The number of thiophene rings is 1. The minimum absolute atomic E-state index is 0.0524. The zero-order valence-electron chi connectivity index (χ0n) is 17.3. The van der Waals surface area contributed by atoms with Crippen LogP contribution < -0.4 is 10.6 Å². The fraction of sp³-hybridized carbons (Fsp3) is 0.208. The molecule has 6 nitrogen and oxygen atoms in total. The van der Waals surface area contributed by atoms with Crippen LogP contribution in [0.15, 0.2) is 72.1 Å². The van der Waals surface area contributed by atoms with E-state index in [4.69, 9.17) is 0 Å². The lowest BCUT2D eigenvalue weighted by Gasteiger charge is -2.20. The second-order valence-corrected chi connectivity index (χ2v) is 7.98. The van der Waals surface area contributed by atoms with Crippen LogP contribution in [0.3, 0.4) is 0 Å². The minimum atomic E-state index is -0.277. The smallest absolute Gasteiger partial charge is 0.238 e. The van der Waals surface area contributed by atoms with Gasteiger partial charge in [0.15, 0.2) is 5.78 Å². The predicted octanol–water partition coefficient (Wildman–Crippen LogP) is 3.56. The molecule has 0 atom stereocenters. The van der Waals surface area contributed by atoms with Crippen molar-refractivity contribution in [3.63, 3.8) is 0 Å². The number of hydrogen-bond acceptors (Lipinski definition) is 5. The Labute approximate surface area is 185 Å². The van der Waals surface area contributed by atoms with Crippen LogP contribution in [0.2, 0.25) is 0 Å². The summed E-state index contributed by atoms with van der Waals surface area (Å²) in [5.41, 5.74) is 1.44. The third-order valence-electron chi connectivity index (χ3n) is 4.70. The third-order valence-corrected chi connectivity index (χ3v) is 5.58. The maximum absolute atomic E-state index is 12.8. The number of carbonyl (C=O) groups excluding carboxylic acids is 3. The maximum Gasteiger partial charge on any atom is 0.238 e. The van der Waals surface area contributed by atoms with Crippen molar-refractivity contribution in [2.45, 2.75) is 13.5 Å². The molecule has 3 aromatic rings. The average Bonchev–Trinajstić information content (AvgIpc) is 3.31. The van der Waals surface area contributed by atoms with Crippen LogP contribution in [-0.2, 0) is 16.1 Å². The van der Waals surface area contributed by atoms with E-state index in [1.165, 1.54) is 0 Å². The van der Waals surface area contributed by atoms with Crippen molar-refractivity contribution in [1.82, 2.24) is 10.2 Å². The molecule has 0 unspecified atom stereocenters. The summed E-state index contributed by atoms with van der Waals surface area (Å²) in [6, 6.07) is 19.8. The predicted molar refractivity (Wildman–Crippen MR) is 123 cm³/mol. The van der Waals surface area contributed by atoms with Crippen molar-refractivity contribution >= 4 is 34.6 Å². The van der Waals surface area contributed by atoms with Gasteiger partial charge in [0.05, 0.1) is 25.3 Å². The van der Waals surface area contributed by atoms with Crippen LogP contribution in [0.5, 0.6) is 0 Å². The molecule has 0 aliphatic heterocycles. The molecule has 0 spiro atoms. The van der Waals surface area contributed by atoms with E-state index in [1.807, 2.05) is 30.5 Å². The normalized spacial score (nSPS) is 10.6. The zero-order valence-corrected chi connectivity index (χ0v) is 18.2. The minimum Gasteiger partial charge on any atom is -0.350 e. The van der Waals surface area contributed by atoms with Crippen LogP contribution in [0.4, 0.5) is 5.69 Å². The van der Waals surface area contributed by atoms with E-state index < -0.39 is 0 Å². The average molecular weight is 436 g/mol. The lowest BCUT2D eigenvalue weighted by Crippen LogP contribution is -2.40. The Balaban J connectivity index is 1.58. The molecule has 0 bridgehead atoms. The lowest BCUT2D eigenvalue weighted by atomic mass is 10.0. The summed E-state index contributed by atoms with van der Waals surface area (Å²) in [5.74, 6) is -0.569. The van der Waals surface area contributed by atoms with Gasteiger partial charge in [0.1, 0.15) is 0 Å². The highest BCUT2D eigenvalue weighted by molar-refractivity contribution is 7.09. The first-order chi connectivity index (χ1) is 15.1. The standard InChI is InChI=1S/C24H25N3O3S/c1-2-27(16-22(28)25-15-19-11-8-14-31-19)17-23(29)26-21-13-7-6-12-20(21)24(30)18-9-4-3-5-10-18/h3-14H,2,15-17H2,1H3,(H,25,28)(H,26,29). The van der Waals surface area contributed by atoms with Gasteiger partial charge in [-0.1, -0.05) is 55.5 Å². The van der Waals surface area contributed by atoms with Gasteiger partial charge in [-0.2, -0.15) is 0 Å². The number of amides is 2. The first-order valence-electron chi connectivity index (χ1n) is 10.1. The summed E-state index contributed by atoms with van der Waals surface area (Å²) in [7, 11) is 0. The van der Waals surface area contributed by atoms with E-state index in [-0.39, 0.29) is 30.7 Å². The second kappa shape index (κ2) is 11.2. The number of rotatable bonds is 10. The molecular weight excluding hydrogens is 410 g/mol. The number of para-hydroxylation sites is 1. The van der Waals surface area contributed by atoms with Gasteiger partial charge < -0.3 is 10.6 Å². The number of benzene rings is 2. The summed E-state index contributed by atoms with van der Waals surface area (Å²) in [4.78, 5) is 40.5. The van der Waals surface area contributed by atoms with Crippen LogP contribution in [0, 0.1) is 0 Å². The number of nitrogens with zero attached hydrogens (tertiary/aromatic N) is 1. The van der Waals surface area contributed by atoms with Crippen molar-refractivity contribution in [2.75, 3.05) is 25.0 Å². The number of nitrogens with one attached hydrogen (secondary N) is 2. The number of likely N-dealkylation sites (N-methyl/N-ethyl adjacent to an activating group) is 1. The Kier molecular flexibility index (Phi) is 8.09. The van der Waals surface area contributed by atoms with Crippen LogP contribution >= 0.6 is 11.3 Å². The van der Waals surface area contributed by atoms with Gasteiger partial charge >= 0.3 is 0 Å². The summed E-state index contributed by atoms with van der Waals surface area (Å²) < 4.78 is 0. The van der Waals surface area contributed by atoms with Crippen molar-refractivity contribution in [3.8, 4) is 0 Å². The molecule has 160 valence electrons. The van der Waals surface area contributed by atoms with E-state index in [9.17, 15) is 14.4 Å². The summed E-state index contributed by atoms with van der Waals surface area (Å²) >= 11 is 1.58. The van der Waals surface area contributed by atoms with Crippen LogP contribution in [-0.4, -0.2) is 42.1 Å². The van der Waals surface area contributed by atoms with Crippen molar-refractivity contribution in [1.29, 1.82) is 0 Å².